The highest BCUT2D eigenvalue weighted by Crippen LogP contribution is 2.21. The van der Waals surface area contributed by atoms with E-state index in [1.54, 1.807) is 7.11 Å². The number of hydrogen-bond acceptors (Lipinski definition) is 4. The molecule has 1 saturated heterocycles. The zero-order valence-corrected chi connectivity index (χ0v) is 19.8. The molecule has 0 amide bonds. The summed E-state index contributed by atoms with van der Waals surface area (Å²) >= 11 is 0. The second kappa shape index (κ2) is 17.0. The average molecular weight is 433 g/mol. The van der Waals surface area contributed by atoms with Gasteiger partial charge in [-0.15, -0.1) is 0 Å². The van der Waals surface area contributed by atoms with E-state index >= 15 is 0 Å². The molecule has 1 aliphatic heterocycles. The average Bonchev–Trinajstić information content (AvgIpc) is 2.80. The molecule has 1 aromatic carbocycles. The standard InChI is InChI=1S/C25H44N4O2/c1-3-26-25(28-15-9-19-31-21-20-30-2)27-14-7-8-16-29-17-12-24(13-18-29)22-23-10-5-4-6-11-23/h4-6,10-11,24H,3,7-9,12-22H2,1-2H3,(H2,26,27,28). The molecule has 0 bridgehead atoms. The van der Waals surface area contributed by atoms with Gasteiger partial charge < -0.3 is 25.0 Å². The Bertz CT molecular complexity index is 574. The first-order valence-electron chi connectivity index (χ1n) is 12.2. The fourth-order valence-corrected chi connectivity index (χ4v) is 3.97. The highest BCUT2D eigenvalue weighted by molar-refractivity contribution is 5.79. The van der Waals surface area contributed by atoms with Gasteiger partial charge in [-0.1, -0.05) is 30.3 Å². The maximum Gasteiger partial charge on any atom is 0.191 e. The molecule has 6 nitrogen and oxygen atoms in total. The van der Waals surface area contributed by atoms with Gasteiger partial charge in [0.05, 0.1) is 13.2 Å². The van der Waals surface area contributed by atoms with Crippen LogP contribution < -0.4 is 10.6 Å². The second-order valence-corrected chi connectivity index (χ2v) is 8.33. The molecule has 0 atom stereocenters. The smallest absolute Gasteiger partial charge is 0.191 e. The summed E-state index contributed by atoms with van der Waals surface area (Å²) in [6, 6.07) is 10.9. The Hall–Kier alpha value is -1.63. The molecule has 1 aliphatic rings. The molecule has 0 aliphatic carbocycles. The van der Waals surface area contributed by atoms with Crippen molar-refractivity contribution in [1.29, 1.82) is 0 Å². The molecule has 31 heavy (non-hydrogen) atoms. The number of ether oxygens (including phenoxy) is 2. The van der Waals surface area contributed by atoms with E-state index in [1.807, 2.05) is 0 Å². The zero-order chi connectivity index (χ0) is 22.0. The molecule has 0 radical (unpaired) electrons. The van der Waals surface area contributed by atoms with Crippen LogP contribution in [0.15, 0.2) is 35.3 Å². The fraction of sp³-hybridized carbons (Fsp3) is 0.720. The van der Waals surface area contributed by atoms with E-state index in [-0.39, 0.29) is 0 Å². The van der Waals surface area contributed by atoms with Gasteiger partial charge in [0.25, 0.3) is 0 Å². The van der Waals surface area contributed by atoms with Crippen LogP contribution in [0.1, 0.15) is 44.6 Å². The molecule has 2 rings (SSSR count). The zero-order valence-electron chi connectivity index (χ0n) is 19.8. The maximum atomic E-state index is 5.48. The van der Waals surface area contributed by atoms with Gasteiger partial charge in [0.2, 0.25) is 0 Å². The van der Waals surface area contributed by atoms with Crippen molar-refractivity contribution in [1.82, 2.24) is 15.5 Å². The van der Waals surface area contributed by atoms with Crippen molar-refractivity contribution in [3.8, 4) is 0 Å². The minimum absolute atomic E-state index is 0.652. The van der Waals surface area contributed by atoms with Crippen LogP contribution in [-0.2, 0) is 15.9 Å². The van der Waals surface area contributed by atoms with Gasteiger partial charge in [0, 0.05) is 33.4 Å². The summed E-state index contributed by atoms with van der Waals surface area (Å²) in [5, 5.41) is 6.79. The Morgan fingerprint density at radius 3 is 2.58 bits per heavy atom. The van der Waals surface area contributed by atoms with E-state index in [1.165, 1.54) is 57.3 Å². The van der Waals surface area contributed by atoms with Crippen LogP contribution in [0.2, 0.25) is 0 Å². The predicted molar refractivity (Wildman–Crippen MR) is 130 cm³/mol. The molecule has 6 heteroatoms. The lowest BCUT2D eigenvalue weighted by Crippen LogP contribution is -2.38. The topological polar surface area (TPSA) is 58.1 Å². The highest BCUT2D eigenvalue weighted by atomic mass is 16.5. The first kappa shape index (κ1) is 25.6. The number of aliphatic imine (C=N–C) groups is 1. The highest BCUT2D eigenvalue weighted by Gasteiger charge is 2.18. The first-order chi connectivity index (χ1) is 15.3. The van der Waals surface area contributed by atoms with Gasteiger partial charge in [-0.2, -0.15) is 0 Å². The van der Waals surface area contributed by atoms with Crippen molar-refractivity contribution in [3.05, 3.63) is 35.9 Å². The molecule has 176 valence electrons. The third-order valence-corrected chi connectivity index (χ3v) is 5.76. The molecule has 0 unspecified atom stereocenters. The van der Waals surface area contributed by atoms with Crippen LogP contribution in [-0.4, -0.2) is 77.1 Å². The van der Waals surface area contributed by atoms with Crippen molar-refractivity contribution >= 4 is 5.96 Å². The number of likely N-dealkylation sites (tertiary alicyclic amines) is 1. The normalized spacial score (nSPS) is 15.9. The second-order valence-electron chi connectivity index (χ2n) is 8.33. The number of benzene rings is 1. The van der Waals surface area contributed by atoms with Crippen LogP contribution >= 0.6 is 0 Å². The molecular weight excluding hydrogens is 388 g/mol. The number of piperidine rings is 1. The number of hydrogen-bond donors (Lipinski definition) is 2. The Morgan fingerprint density at radius 1 is 1.03 bits per heavy atom. The summed E-state index contributed by atoms with van der Waals surface area (Å²) in [6.07, 6.45) is 7.25. The Balaban J connectivity index is 1.50. The van der Waals surface area contributed by atoms with Crippen molar-refractivity contribution in [2.75, 3.05) is 66.2 Å². The van der Waals surface area contributed by atoms with Crippen molar-refractivity contribution < 1.29 is 9.47 Å². The number of nitrogens with one attached hydrogen (secondary N) is 2. The third kappa shape index (κ3) is 12.1. The number of unbranched alkanes of at least 4 members (excludes halogenated alkanes) is 1. The Morgan fingerprint density at radius 2 is 1.84 bits per heavy atom. The quantitative estimate of drug-likeness (QED) is 0.253. The van der Waals surface area contributed by atoms with Gasteiger partial charge in [0.15, 0.2) is 5.96 Å². The molecule has 0 spiro atoms. The minimum Gasteiger partial charge on any atom is -0.382 e. The Labute approximate surface area is 189 Å². The summed E-state index contributed by atoms with van der Waals surface area (Å²) in [6.45, 7) is 10.5. The molecule has 0 aromatic heterocycles. The van der Waals surface area contributed by atoms with Crippen molar-refractivity contribution in [2.24, 2.45) is 10.9 Å². The SMILES string of the molecule is CCNC(=NCCCOCCOC)NCCCCN1CCC(Cc2ccccc2)CC1. The lowest BCUT2D eigenvalue weighted by Gasteiger charge is -2.32. The lowest BCUT2D eigenvalue weighted by molar-refractivity contribution is 0.0702. The first-order valence-corrected chi connectivity index (χ1v) is 12.2. The van der Waals surface area contributed by atoms with Gasteiger partial charge >= 0.3 is 0 Å². The number of nitrogens with zero attached hydrogens (tertiary/aromatic N) is 2. The van der Waals surface area contributed by atoms with Crippen LogP contribution in [0, 0.1) is 5.92 Å². The van der Waals surface area contributed by atoms with Crippen LogP contribution in [0.5, 0.6) is 0 Å². The lowest BCUT2D eigenvalue weighted by atomic mass is 9.90. The number of rotatable bonds is 15. The number of methoxy groups -OCH3 is 1. The van der Waals surface area contributed by atoms with E-state index in [0.29, 0.717) is 13.2 Å². The third-order valence-electron chi connectivity index (χ3n) is 5.76. The predicted octanol–water partition coefficient (Wildman–Crippen LogP) is 3.33. The van der Waals surface area contributed by atoms with Crippen LogP contribution in [0.25, 0.3) is 0 Å². The number of guanidine groups is 1. The summed E-state index contributed by atoms with van der Waals surface area (Å²) in [4.78, 5) is 7.28. The van der Waals surface area contributed by atoms with E-state index < -0.39 is 0 Å². The summed E-state index contributed by atoms with van der Waals surface area (Å²) in [5.74, 6) is 1.77. The summed E-state index contributed by atoms with van der Waals surface area (Å²) in [7, 11) is 1.69. The molecule has 1 fully saturated rings. The van der Waals surface area contributed by atoms with Gasteiger partial charge in [-0.05, 0) is 76.6 Å². The van der Waals surface area contributed by atoms with E-state index in [4.69, 9.17) is 9.47 Å². The largest absolute Gasteiger partial charge is 0.382 e. The van der Waals surface area contributed by atoms with Gasteiger partial charge in [0.1, 0.15) is 0 Å². The van der Waals surface area contributed by atoms with Gasteiger partial charge in [-0.25, -0.2) is 0 Å². The fourth-order valence-electron chi connectivity index (χ4n) is 3.97. The summed E-state index contributed by atoms with van der Waals surface area (Å²) < 4.78 is 10.5. The van der Waals surface area contributed by atoms with E-state index in [2.05, 4.69) is 57.8 Å². The van der Waals surface area contributed by atoms with E-state index in [0.717, 1.165) is 44.5 Å². The van der Waals surface area contributed by atoms with E-state index in [9.17, 15) is 0 Å². The Kier molecular flexibility index (Phi) is 14.0. The molecule has 1 heterocycles. The maximum absolute atomic E-state index is 5.48. The van der Waals surface area contributed by atoms with Crippen LogP contribution in [0.4, 0.5) is 0 Å². The molecule has 1 aromatic rings. The van der Waals surface area contributed by atoms with Crippen molar-refractivity contribution in [2.45, 2.75) is 45.4 Å². The summed E-state index contributed by atoms with van der Waals surface area (Å²) in [5.41, 5.74) is 1.49. The van der Waals surface area contributed by atoms with Gasteiger partial charge in [-0.3, -0.25) is 4.99 Å². The van der Waals surface area contributed by atoms with Crippen LogP contribution in [0.3, 0.4) is 0 Å². The monoisotopic (exact) mass is 432 g/mol. The molecule has 2 N–H and O–H groups in total. The molecular formula is C25H44N4O2. The minimum atomic E-state index is 0.652. The molecule has 0 saturated carbocycles. The van der Waals surface area contributed by atoms with Crippen molar-refractivity contribution in [3.63, 3.8) is 0 Å².